The quantitative estimate of drug-likeness (QED) is 0.855. The molecule has 0 spiro atoms. The minimum Gasteiger partial charge on any atom is -0.497 e. The van der Waals surface area contributed by atoms with Crippen molar-refractivity contribution >= 4 is 5.91 Å². The number of nitrogens with one attached hydrogen (secondary N) is 1. The number of methoxy groups -OCH3 is 1. The van der Waals surface area contributed by atoms with Crippen LogP contribution in [-0.2, 0) is 13.0 Å². The number of amides is 1. The molecule has 4 nitrogen and oxygen atoms in total. The first-order chi connectivity index (χ1) is 11.2. The fourth-order valence-electron chi connectivity index (χ4n) is 2.53. The molecule has 0 radical (unpaired) electrons. The van der Waals surface area contributed by atoms with Crippen LogP contribution in [0, 0.1) is 0 Å². The number of carbonyl (C=O) groups is 1. The molecular formula is C19H24N2O2. The number of likely N-dealkylation sites (N-methyl/N-ethyl adjacent to an activating group) is 1. The number of nitrogens with zero attached hydrogens (tertiary/aromatic N) is 1. The SMILES string of the molecule is CNCCc1ccccc1C(=O)N(C)Cc1cccc(OC)c1. The molecule has 2 aromatic rings. The molecule has 0 bridgehead atoms. The van der Waals surface area contributed by atoms with Crippen molar-refractivity contribution in [2.75, 3.05) is 27.7 Å². The van der Waals surface area contributed by atoms with Gasteiger partial charge in [0.2, 0.25) is 0 Å². The fourth-order valence-corrected chi connectivity index (χ4v) is 2.53. The molecule has 4 heteroatoms. The van der Waals surface area contributed by atoms with Crippen LogP contribution in [0.1, 0.15) is 21.5 Å². The summed E-state index contributed by atoms with van der Waals surface area (Å²) in [4.78, 5) is 14.5. The lowest BCUT2D eigenvalue weighted by Gasteiger charge is -2.19. The fraction of sp³-hybridized carbons (Fsp3) is 0.316. The third-order valence-electron chi connectivity index (χ3n) is 3.79. The third-order valence-corrected chi connectivity index (χ3v) is 3.79. The van der Waals surface area contributed by atoms with Crippen molar-refractivity contribution in [2.45, 2.75) is 13.0 Å². The summed E-state index contributed by atoms with van der Waals surface area (Å²) >= 11 is 0. The first-order valence-electron chi connectivity index (χ1n) is 7.76. The van der Waals surface area contributed by atoms with Crippen LogP contribution in [0.15, 0.2) is 48.5 Å². The van der Waals surface area contributed by atoms with Gasteiger partial charge < -0.3 is 15.0 Å². The number of ether oxygens (including phenoxy) is 1. The standard InChI is InChI=1S/C19H24N2O2/c1-20-12-11-16-8-4-5-10-18(16)19(22)21(2)14-15-7-6-9-17(13-15)23-3/h4-10,13,20H,11-12,14H2,1-3H3. The van der Waals surface area contributed by atoms with Crippen molar-refractivity contribution in [3.8, 4) is 5.75 Å². The summed E-state index contributed by atoms with van der Waals surface area (Å²) in [6.07, 6.45) is 0.839. The van der Waals surface area contributed by atoms with Gasteiger partial charge in [-0.3, -0.25) is 4.79 Å². The molecule has 23 heavy (non-hydrogen) atoms. The molecule has 1 N–H and O–H groups in total. The van der Waals surface area contributed by atoms with Crippen molar-refractivity contribution in [3.05, 3.63) is 65.2 Å². The molecule has 1 amide bonds. The summed E-state index contributed by atoms with van der Waals surface area (Å²) in [6, 6.07) is 15.6. The Bertz CT molecular complexity index is 655. The molecule has 0 aliphatic heterocycles. The molecule has 0 aliphatic rings. The molecule has 122 valence electrons. The highest BCUT2D eigenvalue weighted by atomic mass is 16.5. The van der Waals surface area contributed by atoms with Gasteiger partial charge in [-0.2, -0.15) is 0 Å². The number of carbonyl (C=O) groups excluding carboxylic acids is 1. The minimum atomic E-state index is 0.0412. The van der Waals surface area contributed by atoms with Crippen molar-refractivity contribution in [1.82, 2.24) is 10.2 Å². The maximum atomic E-state index is 12.8. The van der Waals surface area contributed by atoms with E-state index >= 15 is 0 Å². The lowest BCUT2D eigenvalue weighted by molar-refractivity contribution is 0.0784. The van der Waals surface area contributed by atoms with E-state index in [-0.39, 0.29) is 5.91 Å². The van der Waals surface area contributed by atoms with Crippen LogP contribution in [0.4, 0.5) is 0 Å². The Balaban J connectivity index is 2.13. The van der Waals surface area contributed by atoms with Gasteiger partial charge in [-0.1, -0.05) is 30.3 Å². The first kappa shape index (κ1) is 17.0. The summed E-state index contributed by atoms with van der Waals surface area (Å²) in [5, 5.41) is 3.13. The maximum absolute atomic E-state index is 12.8. The van der Waals surface area contributed by atoms with Crippen molar-refractivity contribution in [2.24, 2.45) is 0 Å². The highest BCUT2D eigenvalue weighted by Gasteiger charge is 2.15. The van der Waals surface area contributed by atoms with Gasteiger partial charge in [0.1, 0.15) is 5.75 Å². The highest BCUT2D eigenvalue weighted by Crippen LogP contribution is 2.16. The lowest BCUT2D eigenvalue weighted by atomic mass is 10.0. The van der Waals surface area contributed by atoms with E-state index in [1.165, 1.54) is 0 Å². The van der Waals surface area contributed by atoms with Crippen molar-refractivity contribution in [3.63, 3.8) is 0 Å². The van der Waals surface area contributed by atoms with Gasteiger partial charge in [0, 0.05) is 19.2 Å². The van der Waals surface area contributed by atoms with Crippen molar-refractivity contribution in [1.29, 1.82) is 0 Å². The Hall–Kier alpha value is -2.33. The predicted molar refractivity (Wildman–Crippen MR) is 92.9 cm³/mol. The number of rotatable bonds is 7. The topological polar surface area (TPSA) is 41.6 Å². The molecule has 0 fully saturated rings. The average molecular weight is 312 g/mol. The van der Waals surface area contributed by atoms with Gasteiger partial charge in [0.25, 0.3) is 5.91 Å². The normalized spacial score (nSPS) is 10.4. The van der Waals surface area contributed by atoms with E-state index in [0.717, 1.165) is 35.4 Å². The van der Waals surface area contributed by atoms with E-state index in [1.807, 2.05) is 62.6 Å². The zero-order valence-electron chi connectivity index (χ0n) is 14.0. The van der Waals surface area contributed by atoms with Gasteiger partial charge in [-0.05, 0) is 49.3 Å². The zero-order valence-corrected chi connectivity index (χ0v) is 14.0. The van der Waals surface area contributed by atoms with Crippen LogP contribution in [-0.4, -0.2) is 38.6 Å². The van der Waals surface area contributed by atoms with Crippen LogP contribution in [0.5, 0.6) is 5.75 Å². The Kier molecular flexibility index (Phi) is 6.18. The second kappa shape index (κ2) is 8.34. The largest absolute Gasteiger partial charge is 0.497 e. The van der Waals surface area contributed by atoms with Crippen LogP contribution in [0.2, 0.25) is 0 Å². The average Bonchev–Trinajstić information content (AvgIpc) is 2.59. The second-order valence-electron chi connectivity index (χ2n) is 5.52. The molecular weight excluding hydrogens is 288 g/mol. The zero-order chi connectivity index (χ0) is 16.7. The summed E-state index contributed by atoms with van der Waals surface area (Å²) in [6.45, 7) is 1.40. The molecule has 0 unspecified atom stereocenters. The van der Waals surface area contributed by atoms with Gasteiger partial charge in [-0.25, -0.2) is 0 Å². The van der Waals surface area contributed by atoms with Gasteiger partial charge in [-0.15, -0.1) is 0 Å². The van der Waals surface area contributed by atoms with E-state index < -0.39 is 0 Å². The summed E-state index contributed by atoms with van der Waals surface area (Å²) < 4.78 is 5.23. The lowest BCUT2D eigenvalue weighted by Crippen LogP contribution is -2.27. The van der Waals surface area contributed by atoms with Gasteiger partial charge in [0.15, 0.2) is 0 Å². The van der Waals surface area contributed by atoms with E-state index in [0.29, 0.717) is 6.54 Å². The Labute approximate surface area is 138 Å². The molecule has 0 saturated carbocycles. The predicted octanol–water partition coefficient (Wildman–Crippen LogP) is 2.73. The summed E-state index contributed by atoms with van der Waals surface area (Å²) in [5.74, 6) is 0.845. The molecule has 0 heterocycles. The molecule has 2 aromatic carbocycles. The summed E-state index contributed by atoms with van der Waals surface area (Å²) in [5.41, 5.74) is 2.89. The summed E-state index contributed by atoms with van der Waals surface area (Å²) in [7, 11) is 5.39. The van der Waals surface area contributed by atoms with Gasteiger partial charge >= 0.3 is 0 Å². The van der Waals surface area contributed by atoms with Gasteiger partial charge in [0.05, 0.1) is 7.11 Å². The van der Waals surface area contributed by atoms with E-state index in [9.17, 15) is 4.79 Å². The first-order valence-corrected chi connectivity index (χ1v) is 7.76. The Morgan fingerprint density at radius 2 is 1.96 bits per heavy atom. The van der Waals surface area contributed by atoms with Crippen LogP contribution in [0.3, 0.4) is 0 Å². The Morgan fingerprint density at radius 3 is 2.70 bits per heavy atom. The third kappa shape index (κ3) is 4.57. The number of benzene rings is 2. The highest BCUT2D eigenvalue weighted by molar-refractivity contribution is 5.95. The van der Waals surface area contributed by atoms with E-state index in [4.69, 9.17) is 4.74 Å². The monoisotopic (exact) mass is 312 g/mol. The molecule has 0 aromatic heterocycles. The minimum absolute atomic E-state index is 0.0412. The maximum Gasteiger partial charge on any atom is 0.254 e. The van der Waals surface area contributed by atoms with Crippen LogP contribution in [0.25, 0.3) is 0 Å². The number of hydrogen-bond donors (Lipinski definition) is 1. The molecule has 2 rings (SSSR count). The number of hydrogen-bond acceptors (Lipinski definition) is 3. The van der Waals surface area contributed by atoms with Crippen LogP contribution < -0.4 is 10.1 Å². The molecule has 0 atom stereocenters. The Morgan fingerprint density at radius 1 is 1.17 bits per heavy atom. The van der Waals surface area contributed by atoms with E-state index in [2.05, 4.69) is 5.32 Å². The molecule has 0 aliphatic carbocycles. The second-order valence-corrected chi connectivity index (χ2v) is 5.52. The van der Waals surface area contributed by atoms with E-state index in [1.54, 1.807) is 12.0 Å². The van der Waals surface area contributed by atoms with Crippen molar-refractivity contribution < 1.29 is 9.53 Å². The smallest absolute Gasteiger partial charge is 0.254 e. The molecule has 0 saturated heterocycles. The van der Waals surface area contributed by atoms with Crippen LogP contribution >= 0.6 is 0 Å².